The fraction of sp³-hybridized carbons (Fsp3) is 0.467. The summed E-state index contributed by atoms with van der Waals surface area (Å²) in [5.41, 5.74) is 6.89. The van der Waals surface area contributed by atoms with Gasteiger partial charge >= 0.3 is 0 Å². The predicted molar refractivity (Wildman–Crippen MR) is 82.2 cm³/mol. The number of carbonyl (C=O) groups excluding carboxylic acids is 1. The number of nitrogens with two attached hydrogens (primary N) is 1. The normalized spacial score (nSPS) is 18.6. The van der Waals surface area contributed by atoms with Crippen LogP contribution in [0.3, 0.4) is 0 Å². The van der Waals surface area contributed by atoms with Crippen molar-refractivity contribution in [3.63, 3.8) is 0 Å². The first-order valence-corrected chi connectivity index (χ1v) is 7.62. The van der Waals surface area contributed by atoms with Crippen LogP contribution in [0, 0.1) is 17.2 Å². The summed E-state index contributed by atoms with van der Waals surface area (Å²) in [5.74, 6) is 0.245. The average Bonchev–Trinajstić information content (AvgIpc) is 2.45. The SMILES string of the molecule is N#Cc1cc(Br)ccc1N1CCC[C@@H](CCC(N)=O)C1. The molecule has 0 radical (unpaired) electrons. The zero-order chi connectivity index (χ0) is 14.5. The van der Waals surface area contributed by atoms with Crippen molar-refractivity contribution in [1.29, 1.82) is 5.26 Å². The summed E-state index contributed by atoms with van der Waals surface area (Å²) in [7, 11) is 0. The standard InChI is InChI=1S/C15H18BrN3O/c16-13-4-5-14(12(8-13)9-17)19-7-1-2-11(10-19)3-6-15(18)20/h4-5,8,11H,1-3,6-7,10H2,(H2,18,20)/t11-/m0/s1. The lowest BCUT2D eigenvalue weighted by atomic mass is 9.92. The van der Waals surface area contributed by atoms with Crippen molar-refractivity contribution in [2.24, 2.45) is 11.7 Å². The molecule has 1 atom stereocenters. The van der Waals surface area contributed by atoms with E-state index in [9.17, 15) is 10.1 Å². The number of hydrogen-bond donors (Lipinski definition) is 1. The molecule has 1 aromatic rings. The Morgan fingerprint density at radius 3 is 3.05 bits per heavy atom. The van der Waals surface area contributed by atoms with Gasteiger partial charge in [0.1, 0.15) is 6.07 Å². The van der Waals surface area contributed by atoms with E-state index >= 15 is 0 Å². The van der Waals surface area contributed by atoms with Gasteiger partial charge in [0.2, 0.25) is 5.91 Å². The molecule has 0 saturated carbocycles. The molecule has 5 heteroatoms. The van der Waals surface area contributed by atoms with Crippen molar-refractivity contribution >= 4 is 27.5 Å². The molecule has 1 aliphatic heterocycles. The molecule has 2 N–H and O–H groups in total. The molecule has 1 aliphatic rings. The first kappa shape index (κ1) is 14.9. The highest BCUT2D eigenvalue weighted by atomic mass is 79.9. The second-order valence-corrected chi connectivity index (χ2v) is 6.15. The van der Waals surface area contributed by atoms with Crippen LogP contribution in [-0.2, 0) is 4.79 Å². The lowest BCUT2D eigenvalue weighted by Gasteiger charge is -2.35. The Balaban J connectivity index is 2.09. The molecule has 1 fully saturated rings. The van der Waals surface area contributed by atoms with Gasteiger partial charge in [0.15, 0.2) is 0 Å². The van der Waals surface area contributed by atoms with E-state index in [4.69, 9.17) is 5.73 Å². The van der Waals surface area contributed by atoms with Gasteiger partial charge in [0.25, 0.3) is 0 Å². The van der Waals surface area contributed by atoms with Crippen molar-refractivity contribution < 1.29 is 4.79 Å². The topological polar surface area (TPSA) is 70.1 Å². The Hall–Kier alpha value is -1.54. The van der Waals surface area contributed by atoms with Crippen molar-refractivity contribution in [1.82, 2.24) is 0 Å². The van der Waals surface area contributed by atoms with E-state index in [1.165, 1.54) is 0 Å². The molecule has 0 aliphatic carbocycles. The fourth-order valence-corrected chi connectivity index (χ4v) is 3.10. The molecule has 0 unspecified atom stereocenters. The maximum Gasteiger partial charge on any atom is 0.217 e. The van der Waals surface area contributed by atoms with Crippen LogP contribution in [0.1, 0.15) is 31.2 Å². The summed E-state index contributed by atoms with van der Waals surface area (Å²) < 4.78 is 0.917. The maximum absolute atomic E-state index is 10.9. The number of nitriles is 1. The van der Waals surface area contributed by atoms with Gasteiger partial charge in [-0.2, -0.15) is 5.26 Å². The number of hydrogen-bond acceptors (Lipinski definition) is 3. The molecule has 2 rings (SSSR count). The molecular formula is C15H18BrN3O. The minimum atomic E-state index is -0.233. The molecule has 0 bridgehead atoms. The molecule has 106 valence electrons. The van der Waals surface area contributed by atoms with Crippen LogP contribution in [0.25, 0.3) is 0 Å². The summed E-state index contributed by atoms with van der Waals surface area (Å²) in [4.78, 5) is 13.1. The smallest absolute Gasteiger partial charge is 0.217 e. The zero-order valence-corrected chi connectivity index (χ0v) is 12.9. The minimum absolute atomic E-state index is 0.233. The molecule has 20 heavy (non-hydrogen) atoms. The van der Waals surface area contributed by atoms with Gasteiger partial charge in [-0.25, -0.2) is 0 Å². The van der Waals surface area contributed by atoms with Gasteiger partial charge in [-0.05, 0) is 43.4 Å². The summed E-state index contributed by atoms with van der Waals surface area (Å²) >= 11 is 3.39. The number of piperidine rings is 1. The molecule has 1 aromatic carbocycles. The number of rotatable bonds is 4. The summed E-state index contributed by atoms with van der Waals surface area (Å²) in [6.45, 7) is 1.85. The van der Waals surface area contributed by atoms with Gasteiger partial charge in [-0.15, -0.1) is 0 Å². The molecule has 4 nitrogen and oxygen atoms in total. The molecule has 1 saturated heterocycles. The molecule has 1 heterocycles. The molecule has 1 amide bonds. The Morgan fingerprint density at radius 1 is 1.55 bits per heavy atom. The number of carbonyl (C=O) groups is 1. The van der Waals surface area contributed by atoms with E-state index in [-0.39, 0.29) is 5.91 Å². The van der Waals surface area contributed by atoms with Gasteiger partial charge < -0.3 is 10.6 Å². The van der Waals surface area contributed by atoms with Crippen molar-refractivity contribution in [2.75, 3.05) is 18.0 Å². The van der Waals surface area contributed by atoms with Gasteiger partial charge in [0.05, 0.1) is 11.3 Å². The monoisotopic (exact) mass is 335 g/mol. The lowest BCUT2D eigenvalue weighted by Crippen LogP contribution is -2.36. The van der Waals surface area contributed by atoms with Crippen LogP contribution in [0.5, 0.6) is 0 Å². The van der Waals surface area contributed by atoms with Crippen LogP contribution >= 0.6 is 15.9 Å². The molecular weight excluding hydrogens is 318 g/mol. The lowest BCUT2D eigenvalue weighted by molar-refractivity contribution is -0.118. The number of primary amides is 1. The van der Waals surface area contributed by atoms with Crippen LogP contribution in [0.15, 0.2) is 22.7 Å². The third kappa shape index (κ3) is 3.73. The van der Waals surface area contributed by atoms with E-state index < -0.39 is 0 Å². The quantitative estimate of drug-likeness (QED) is 0.919. The number of benzene rings is 1. The zero-order valence-electron chi connectivity index (χ0n) is 11.3. The van der Waals surface area contributed by atoms with Crippen molar-refractivity contribution in [2.45, 2.75) is 25.7 Å². The van der Waals surface area contributed by atoms with Crippen LogP contribution in [0.4, 0.5) is 5.69 Å². The van der Waals surface area contributed by atoms with Crippen molar-refractivity contribution in [3.05, 3.63) is 28.2 Å². The van der Waals surface area contributed by atoms with E-state index in [1.807, 2.05) is 18.2 Å². The Morgan fingerprint density at radius 2 is 2.35 bits per heavy atom. The Labute approximate surface area is 127 Å². The predicted octanol–water partition coefficient (Wildman–Crippen LogP) is 2.80. The number of halogens is 1. The van der Waals surface area contributed by atoms with Crippen molar-refractivity contribution in [3.8, 4) is 6.07 Å². The van der Waals surface area contributed by atoms with Crippen LogP contribution in [0.2, 0.25) is 0 Å². The van der Waals surface area contributed by atoms with E-state index in [2.05, 4.69) is 26.9 Å². The molecule has 0 aromatic heterocycles. The Bertz CT molecular complexity index is 538. The highest BCUT2D eigenvalue weighted by Gasteiger charge is 2.22. The van der Waals surface area contributed by atoms with Crippen LogP contribution in [-0.4, -0.2) is 19.0 Å². The maximum atomic E-state index is 10.9. The fourth-order valence-electron chi connectivity index (χ4n) is 2.74. The summed E-state index contributed by atoms with van der Waals surface area (Å²) in [6, 6.07) is 8.05. The van der Waals surface area contributed by atoms with Gasteiger partial charge in [-0.1, -0.05) is 15.9 Å². The summed E-state index contributed by atoms with van der Waals surface area (Å²) in [6.07, 6.45) is 3.50. The first-order chi connectivity index (χ1) is 9.60. The minimum Gasteiger partial charge on any atom is -0.370 e. The second-order valence-electron chi connectivity index (χ2n) is 5.23. The molecule has 0 spiro atoms. The highest BCUT2D eigenvalue weighted by Crippen LogP contribution is 2.29. The van der Waals surface area contributed by atoms with Crippen LogP contribution < -0.4 is 10.6 Å². The van der Waals surface area contributed by atoms with E-state index in [1.54, 1.807) is 0 Å². The van der Waals surface area contributed by atoms with E-state index in [0.29, 0.717) is 17.9 Å². The number of nitrogens with zero attached hydrogens (tertiary/aromatic N) is 2. The largest absolute Gasteiger partial charge is 0.370 e. The first-order valence-electron chi connectivity index (χ1n) is 6.83. The third-order valence-corrected chi connectivity index (χ3v) is 4.23. The highest BCUT2D eigenvalue weighted by molar-refractivity contribution is 9.10. The van der Waals surface area contributed by atoms with Gasteiger partial charge in [-0.3, -0.25) is 4.79 Å². The summed E-state index contributed by atoms with van der Waals surface area (Å²) in [5, 5.41) is 9.26. The average molecular weight is 336 g/mol. The number of amides is 1. The van der Waals surface area contributed by atoms with Gasteiger partial charge in [0, 0.05) is 24.0 Å². The third-order valence-electron chi connectivity index (χ3n) is 3.74. The Kier molecular flexibility index (Phi) is 5.02. The van der Waals surface area contributed by atoms with E-state index in [0.717, 1.165) is 42.5 Å². The number of anilines is 1. The second kappa shape index (κ2) is 6.76.